The molecule has 2 amide bonds. The topological polar surface area (TPSA) is 133 Å². The molecule has 0 fully saturated rings. The molecule has 11 heteroatoms. The van der Waals surface area contributed by atoms with E-state index >= 15 is 0 Å². The highest BCUT2D eigenvalue weighted by Crippen LogP contribution is 2.17. The highest BCUT2D eigenvalue weighted by molar-refractivity contribution is 7.98. The van der Waals surface area contributed by atoms with Crippen LogP contribution in [-0.4, -0.2) is 57.3 Å². The van der Waals surface area contributed by atoms with E-state index in [9.17, 15) is 9.59 Å². The van der Waals surface area contributed by atoms with Gasteiger partial charge >= 0.3 is 6.09 Å². The molecule has 0 radical (unpaired) electrons. The molecule has 2 aromatic heterocycles. The Kier molecular flexibility index (Phi) is 11.2. The van der Waals surface area contributed by atoms with Crippen molar-refractivity contribution in [3.05, 3.63) is 65.6 Å². The van der Waals surface area contributed by atoms with Gasteiger partial charge in [-0.25, -0.2) is 4.79 Å². The van der Waals surface area contributed by atoms with Crippen LogP contribution in [0, 0.1) is 0 Å². The van der Waals surface area contributed by atoms with Crippen molar-refractivity contribution < 1.29 is 19.1 Å². The minimum Gasteiger partial charge on any atom is -0.445 e. The van der Waals surface area contributed by atoms with Gasteiger partial charge in [-0.05, 0) is 31.7 Å². The molecule has 3 rings (SSSR count). The Hall–Kier alpha value is -3.15. The zero-order valence-electron chi connectivity index (χ0n) is 20.2. The Labute approximate surface area is 216 Å². The van der Waals surface area contributed by atoms with Crippen molar-refractivity contribution in [2.75, 3.05) is 25.2 Å². The molecule has 196 valence electrons. The lowest BCUT2D eigenvalue weighted by atomic mass is 10.1. The van der Waals surface area contributed by atoms with Gasteiger partial charge in [-0.1, -0.05) is 43.8 Å². The SMILES string of the molecule is C.CSCCNC(=O)OCc1ccc2nnc([C@@H](COCc3ccccc3)NC(=O)C(C)(C)N)n2c1. The molecule has 36 heavy (non-hydrogen) atoms. The van der Waals surface area contributed by atoms with Gasteiger partial charge in [0.05, 0.1) is 18.8 Å². The number of fused-ring (bicyclic) bond motifs is 1. The summed E-state index contributed by atoms with van der Waals surface area (Å²) in [6.45, 7) is 4.42. The monoisotopic (exact) mass is 516 g/mol. The van der Waals surface area contributed by atoms with E-state index in [4.69, 9.17) is 15.2 Å². The average molecular weight is 517 g/mol. The average Bonchev–Trinajstić information content (AvgIpc) is 3.25. The molecule has 1 atom stereocenters. The summed E-state index contributed by atoms with van der Waals surface area (Å²) in [5, 5.41) is 14.1. The van der Waals surface area contributed by atoms with Crippen LogP contribution in [0.15, 0.2) is 48.7 Å². The van der Waals surface area contributed by atoms with Crippen molar-refractivity contribution in [1.82, 2.24) is 25.2 Å². The third kappa shape index (κ3) is 8.51. The Morgan fingerprint density at radius 3 is 2.56 bits per heavy atom. The lowest BCUT2D eigenvalue weighted by Crippen LogP contribution is -2.50. The van der Waals surface area contributed by atoms with E-state index in [0.29, 0.717) is 24.6 Å². The molecule has 3 aromatic rings. The lowest BCUT2D eigenvalue weighted by molar-refractivity contribution is -0.126. The highest BCUT2D eigenvalue weighted by atomic mass is 32.2. The molecule has 0 aliphatic carbocycles. The summed E-state index contributed by atoms with van der Waals surface area (Å²) in [6, 6.07) is 12.7. The Balaban J connectivity index is 0.00000456. The zero-order chi connectivity index (χ0) is 25.3. The van der Waals surface area contributed by atoms with Crippen LogP contribution >= 0.6 is 11.8 Å². The van der Waals surface area contributed by atoms with Crippen molar-refractivity contribution >= 4 is 29.4 Å². The van der Waals surface area contributed by atoms with Crippen LogP contribution in [0.5, 0.6) is 0 Å². The second kappa shape index (κ2) is 13.8. The molecule has 0 saturated carbocycles. The molecule has 0 saturated heterocycles. The number of carbonyl (C=O) groups excluding carboxylic acids is 2. The number of pyridine rings is 1. The zero-order valence-corrected chi connectivity index (χ0v) is 21.0. The van der Waals surface area contributed by atoms with Gasteiger partial charge in [-0.2, -0.15) is 11.8 Å². The molecule has 0 unspecified atom stereocenters. The van der Waals surface area contributed by atoms with Crippen molar-refractivity contribution in [2.24, 2.45) is 5.73 Å². The number of nitrogens with one attached hydrogen (secondary N) is 2. The van der Waals surface area contributed by atoms with Gasteiger partial charge in [-0.15, -0.1) is 10.2 Å². The van der Waals surface area contributed by atoms with Crippen LogP contribution in [0.25, 0.3) is 5.65 Å². The first-order chi connectivity index (χ1) is 16.8. The van der Waals surface area contributed by atoms with Gasteiger partial charge < -0.3 is 25.8 Å². The normalized spacial score (nSPS) is 12.0. The summed E-state index contributed by atoms with van der Waals surface area (Å²) in [4.78, 5) is 24.6. The number of rotatable bonds is 12. The van der Waals surface area contributed by atoms with Crippen molar-refractivity contribution in [3.8, 4) is 0 Å². The number of hydrogen-bond acceptors (Lipinski definition) is 8. The maximum Gasteiger partial charge on any atom is 0.407 e. The number of thioether (sulfide) groups is 1. The van der Waals surface area contributed by atoms with Crippen LogP contribution in [-0.2, 0) is 27.5 Å². The minimum atomic E-state index is -1.08. The summed E-state index contributed by atoms with van der Waals surface area (Å²) < 4.78 is 13.0. The first-order valence-electron chi connectivity index (χ1n) is 11.2. The van der Waals surface area contributed by atoms with Gasteiger partial charge in [0.2, 0.25) is 5.91 Å². The molecule has 0 aliphatic heterocycles. The van der Waals surface area contributed by atoms with Gasteiger partial charge in [0.1, 0.15) is 12.6 Å². The Bertz CT molecular complexity index is 1120. The molecule has 0 bridgehead atoms. The number of carbonyl (C=O) groups is 2. The number of amides is 2. The van der Waals surface area contributed by atoms with Crippen LogP contribution in [0.4, 0.5) is 4.79 Å². The number of hydrogen-bond donors (Lipinski definition) is 3. The first kappa shape index (κ1) is 29.1. The summed E-state index contributed by atoms with van der Waals surface area (Å²) >= 11 is 1.64. The summed E-state index contributed by atoms with van der Waals surface area (Å²) in [5.74, 6) is 0.949. The third-order valence-electron chi connectivity index (χ3n) is 5.03. The van der Waals surface area contributed by atoms with Crippen LogP contribution in [0.2, 0.25) is 0 Å². The van der Waals surface area contributed by atoms with Crippen LogP contribution < -0.4 is 16.4 Å². The number of benzene rings is 1. The van der Waals surface area contributed by atoms with Crippen LogP contribution in [0.3, 0.4) is 0 Å². The third-order valence-corrected chi connectivity index (χ3v) is 5.65. The quantitative estimate of drug-likeness (QED) is 0.313. The largest absolute Gasteiger partial charge is 0.445 e. The van der Waals surface area contributed by atoms with Gasteiger partial charge in [-0.3, -0.25) is 9.20 Å². The molecule has 1 aromatic carbocycles. The molecule has 0 spiro atoms. The second-order valence-electron chi connectivity index (χ2n) is 8.57. The fourth-order valence-electron chi connectivity index (χ4n) is 3.12. The van der Waals surface area contributed by atoms with E-state index in [1.807, 2.05) is 42.7 Å². The number of aromatic nitrogens is 3. The molecule has 10 nitrogen and oxygen atoms in total. The number of alkyl carbamates (subject to hydrolysis) is 1. The number of nitrogens with zero attached hydrogens (tertiary/aromatic N) is 3. The molecule has 0 aliphatic rings. The van der Waals surface area contributed by atoms with Gasteiger partial charge in [0.15, 0.2) is 11.5 Å². The Morgan fingerprint density at radius 2 is 1.86 bits per heavy atom. The summed E-state index contributed by atoms with van der Waals surface area (Å²) in [5.41, 5.74) is 7.26. The van der Waals surface area contributed by atoms with Crippen molar-refractivity contribution in [3.63, 3.8) is 0 Å². The van der Waals surface area contributed by atoms with E-state index < -0.39 is 17.7 Å². The number of ether oxygens (including phenoxy) is 2. The maximum absolute atomic E-state index is 12.7. The van der Waals surface area contributed by atoms with Gasteiger partial charge in [0.25, 0.3) is 0 Å². The molecule has 2 heterocycles. The summed E-state index contributed by atoms with van der Waals surface area (Å²) in [6.07, 6.45) is 3.27. The molecular formula is C25H36N6O4S. The summed E-state index contributed by atoms with van der Waals surface area (Å²) in [7, 11) is 0. The van der Waals surface area contributed by atoms with Crippen molar-refractivity contribution in [2.45, 2.75) is 46.1 Å². The van der Waals surface area contributed by atoms with Crippen LogP contribution in [0.1, 0.15) is 44.3 Å². The van der Waals surface area contributed by atoms with E-state index in [0.717, 1.165) is 16.9 Å². The predicted molar refractivity (Wildman–Crippen MR) is 142 cm³/mol. The fraction of sp³-hybridized carbons (Fsp3) is 0.440. The van der Waals surface area contributed by atoms with E-state index in [1.165, 1.54) is 0 Å². The minimum absolute atomic E-state index is 0. The smallest absolute Gasteiger partial charge is 0.407 e. The van der Waals surface area contributed by atoms with Gasteiger partial charge in [0, 0.05) is 24.1 Å². The number of nitrogens with two attached hydrogens (primary N) is 1. The van der Waals surface area contributed by atoms with E-state index in [1.54, 1.807) is 42.3 Å². The highest BCUT2D eigenvalue weighted by Gasteiger charge is 2.28. The predicted octanol–water partition coefficient (Wildman–Crippen LogP) is 3.07. The lowest BCUT2D eigenvalue weighted by Gasteiger charge is -2.23. The molecule has 4 N–H and O–H groups in total. The maximum atomic E-state index is 12.7. The second-order valence-corrected chi connectivity index (χ2v) is 9.55. The van der Waals surface area contributed by atoms with E-state index in [-0.39, 0.29) is 26.5 Å². The Morgan fingerprint density at radius 1 is 1.11 bits per heavy atom. The standard InChI is InChI=1S/C24H32N6O4S.CH4/c1-24(2,25)22(31)27-19(16-33-14-17-7-5-4-6-8-17)21-29-28-20-10-9-18(13-30(20)21)15-34-23(32)26-11-12-35-3;/h4-10,13,19H,11-12,14-16,25H2,1-3H3,(H,26,32)(H,27,31);1H4/t19-;/m1./s1. The fourth-order valence-corrected chi connectivity index (χ4v) is 3.43. The van der Waals surface area contributed by atoms with Crippen molar-refractivity contribution in [1.29, 1.82) is 0 Å². The molecular weight excluding hydrogens is 480 g/mol. The van der Waals surface area contributed by atoms with E-state index in [2.05, 4.69) is 20.8 Å². The first-order valence-corrected chi connectivity index (χ1v) is 12.6.